The molecule has 0 aromatic carbocycles. The van der Waals surface area contributed by atoms with Crippen LogP contribution < -0.4 is 0 Å². The van der Waals surface area contributed by atoms with E-state index in [1.807, 2.05) is 6.92 Å². The number of unbranched alkanes of at least 4 members (excludes halogenated alkanes) is 1. The quantitative estimate of drug-likeness (QED) is 0.599. The Kier molecular flexibility index (Phi) is 8.14. The molecular weight excluding hydrogens is 200 g/mol. The Hall–Kier alpha value is -0.660. The summed E-state index contributed by atoms with van der Waals surface area (Å²) in [5.41, 5.74) is 0. The van der Waals surface area contributed by atoms with Gasteiger partial charge in [0.05, 0.1) is 0 Å². The molecule has 2 unspecified atom stereocenters. The fourth-order valence-electron chi connectivity index (χ4n) is 2.27. The lowest BCUT2D eigenvalue weighted by Crippen LogP contribution is -2.28. The fraction of sp³-hybridized carbons (Fsp3) is 0.857. The Labute approximate surface area is 99.8 Å². The van der Waals surface area contributed by atoms with Gasteiger partial charge in [-0.3, -0.25) is 9.59 Å². The van der Waals surface area contributed by atoms with E-state index in [1.54, 1.807) is 6.92 Å². The molecule has 0 aliphatic carbocycles. The molecule has 0 amide bonds. The Morgan fingerprint density at radius 3 is 2.00 bits per heavy atom. The van der Waals surface area contributed by atoms with E-state index in [4.69, 9.17) is 0 Å². The second kappa shape index (κ2) is 8.49. The maximum atomic E-state index is 12.0. The lowest BCUT2D eigenvalue weighted by molar-refractivity contribution is -0.131. The van der Waals surface area contributed by atoms with Crippen molar-refractivity contribution >= 4 is 11.6 Å². The maximum Gasteiger partial charge on any atom is 0.136 e. The number of rotatable bonds is 9. The van der Waals surface area contributed by atoms with Crippen LogP contribution in [-0.4, -0.2) is 11.6 Å². The standard InChI is InChI=1S/C14H26O2/c1-5-8-10-14(16)12(7-3)13(9-6-2)11(4)15/h12-13H,5-10H2,1-4H3. The minimum atomic E-state index is -0.0423. The zero-order valence-corrected chi connectivity index (χ0v) is 11.2. The monoisotopic (exact) mass is 226 g/mol. The molecule has 2 heteroatoms. The van der Waals surface area contributed by atoms with Crippen molar-refractivity contribution in [3.63, 3.8) is 0 Å². The molecule has 16 heavy (non-hydrogen) atoms. The average Bonchev–Trinajstić information content (AvgIpc) is 2.25. The highest BCUT2D eigenvalue weighted by molar-refractivity contribution is 5.88. The molecular formula is C14H26O2. The first kappa shape index (κ1) is 15.3. The van der Waals surface area contributed by atoms with Gasteiger partial charge in [-0.25, -0.2) is 0 Å². The van der Waals surface area contributed by atoms with E-state index in [9.17, 15) is 9.59 Å². The highest BCUT2D eigenvalue weighted by Gasteiger charge is 2.28. The van der Waals surface area contributed by atoms with Crippen LogP contribution in [0.15, 0.2) is 0 Å². The second-order valence-electron chi connectivity index (χ2n) is 4.59. The van der Waals surface area contributed by atoms with E-state index in [-0.39, 0.29) is 23.4 Å². The Balaban J connectivity index is 4.52. The number of Topliss-reactive ketones (excluding diaryl/α,β-unsaturated/α-hetero) is 2. The highest BCUT2D eigenvalue weighted by Crippen LogP contribution is 2.24. The molecule has 0 aliphatic rings. The third kappa shape index (κ3) is 4.91. The molecule has 0 aromatic rings. The number of carbonyl (C=O) groups is 2. The molecule has 0 rings (SSSR count). The number of carbonyl (C=O) groups excluding carboxylic acids is 2. The first-order valence-corrected chi connectivity index (χ1v) is 6.61. The van der Waals surface area contributed by atoms with Crippen molar-refractivity contribution in [1.29, 1.82) is 0 Å². The van der Waals surface area contributed by atoms with Gasteiger partial charge >= 0.3 is 0 Å². The van der Waals surface area contributed by atoms with Crippen molar-refractivity contribution in [3.8, 4) is 0 Å². The zero-order chi connectivity index (χ0) is 12.6. The molecule has 0 saturated heterocycles. The van der Waals surface area contributed by atoms with Crippen LogP contribution in [0.2, 0.25) is 0 Å². The van der Waals surface area contributed by atoms with Gasteiger partial charge in [-0.05, 0) is 26.2 Å². The predicted molar refractivity (Wildman–Crippen MR) is 67.4 cm³/mol. The van der Waals surface area contributed by atoms with E-state index in [2.05, 4.69) is 13.8 Å². The van der Waals surface area contributed by atoms with Crippen LogP contribution in [0.25, 0.3) is 0 Å². The molecule has 0 radical (unpaired) electrons. The summed E-state index contributed by atoms with van der Waals surface area (Å²) in [6.45, 7) is 7.79. The van der Waals surface area contributed by atoms with Crippen LogP contribution in [0.1, 0.15) is 66.2 Å². The van der Waals surface area contributed by atoms with E-state index >= 15 is 0 Å². The van der Waals surface area contributed by atoms with Crippen molar-refractivity contribution in [2.75, 3.05) is 0 Å². The lowest BCUT2D eigenvalue weighted by atomic mass is 9.80. The first-order chi connectivity index (χ1) is 7.58. The maximum absolute atomic E-state index is 12.0. The SMILES string of the molecule is CCCCC(=O)C(CC)C(CCC)C(C)=O. The molecule has 0 fully saturated rings. The fourth-order valence-corrected chi connectivity index (χ4v) is 2.27. The minimum Gasteiger partial charge on any atom is -0.300 e. The Bertz CT molecular complexity index is 221. The van der Waals surface area contributed by atoms with Crippen molar-refractivity contribution in [3.05, 3.63) is 0 Å². The lowest BCUT2D eigenvalue weighted by Gasteiger charge is -2.22. The van der Waals surface area contributed by atoms with E-state index in [0.717, 1.165) is 32.1 Å². The third-order valence-corrected chi connectivity index (χ3v) is 3.24. The summed E-state index contributed by atoms with van der Waals surface area (Å²) in [6.07, 6.45) is 5.26. The summed E-state index contributed by atoms with van der Waals surface area (Å²) in [5.74, 6) is 0.389. The Morgan fingerprint density at radius 1 is 1.00 bits per heavy atom. The van der Waals surface area contributed by atoms with Crippen LogP contribution in [0.3, 0.4) is 0 Å². The summed E-state index contributed by atoms with van der Waals surface area (Å²) >= 11 is 0. The largest absolute Gasteiger partial charge is 0.300 e. The molecule has 94 valence electrons. The third-order valence-electron chi connectivity index (χ3n) is 3.24. The predicted octanol–water partition coefficient (Wildman–Crippen LogP) is 3.78. The number of hydrogen-bond donors (Lipinski definition) is 0. The molecule has 2 atom stereocenters. The van der Waals surface area contributed by atoms with Crippen molar-refractivity contribution in [1.82, 2.24) is 0 Å². The summed E-state index contributed by atoms with van der Waals surface area (Å²) in [5, 5.41) is 0. The molecule has 0 heterocycles. The molecule has 0 saturated carbocycles. The van der Waals surface area contributed by atoms with Crippen LogP contribution >= 0.6 is 0 Å². The molecule has 0 bridgehead atoms. The van der Waals surface area contributed by atoms with Crippen LogP contribution in [0.5, 0.6) is 0 Å². The molecule has 2 nitrogen and oxygen atoms in total. The molecule has 0 aliphatic heterocycles. The van der Waals surface area contributed by atoms with Gasteiger partial charge in [0.1, 0.15) is 11.6 Å². The van der Waals surface area contributed by atoms with Gasteiger partial charge < -0.3 is 0 Å². The van der Waals surface area contributed by atoms with Gasteiger partial charge in [0.25, 0.3) is 0 Å². The van der Waals surface area contributed by atoms with Gasteiger partial charge in [-0.2, -0.15) is 0 Å². The minimum absolute atomic E-state index is 0.0380. The van der Waals surface area contributed by atoms with Gasteiger partial charge in [0.2, 0.25) is 0 Å². The molecule has 0 spiro atoms. The Morgan fingerprint density at radius 2 is 1.62 bits per heavy atom. The smallest absolute Gasteiger partial charge is 0.136 e. The van der Waals surface area contributed by atoms with Gasteiger partial charge in [0.15, 0.2) is 0 Å². The van der Waals surface area contributed by atoms with Gasteiger partial charge in [0, 0.05) is 18.3 Å². The summed E-state index contributed by atoms with van der Waals surface area (Å²) < 4.78 is 0. The summed E-state index contributed by atoms with van der Waals surface area (Å²) in [6, 6.07) is 0. The van der Waals surface area contributed by atoms with Crippen LogP contribution in [0, 0.1) is 11.8 Å². The average molecular weight is 226 g/mol. The van der Waals surface area contributed by atoms with Crippen molar-refractivity contribution < 1.29 is 9.59 Å². The number of hydrogen-bond acceptors (Lipinski definition) is 2. The van der Waals surface area contributed by atoms with Gasteiger partial charge in [-0.15, -0.1) is 0 Å². The zero-order valence-electron chi connectivity index (χ0n) is 11.2. The molecule has 0 N–H and O–H groups in total. The summed E-state index contributed by atoms with van der Waals surface area (Å²) in [7, 11) is 0. The van der Waals surface area contributed by atoms with Crippen molar-refractivity contribution in [2.24, 2.45) is 11.8 Å². The van der Waals surface area contributed by atoms with Gasteiger partial charge in [-0.1, -0.05) is 33.6 Å². The molecule has 0 aromatic heterocycles. The van der Waals surface area contributed by atoms with E-state index in [1.165, 1.54) is 0 Å². The first-order valence-electron chi connectivity index (χ1n) is 6.61. The highest BCUT2D eigenvalue weighted by atomic mass is 16.1. The van der Waals surface area contributed by atoms with Crippen molar-refractivity contribution in [2.45, 2.75) is 66.2 Å². The normalized spacial score (nSPS) is 14.5. The second-order valence-corrected chi connectivity index (χ2v) is 4.59. The topological polar surface area (TPSA) is 34.1 Å². The van der Waals surface area contributed by atoms with Crippen LogP contribution in [-0.2, 0) is 9.59 Å². The summed E-state index contributed by atoms with van der Waals surface area (Å²) in [4.78, 5) is 23.6. The van der Waals surface area contributed by atoms with E-state index in [0.29, 0.717) is 6.42 Å². The number of ketones is 2. The van der Waals surface area contributed by atoms with Crippen LogP contribution in [0.4, 0.5) is 0 Å². The van der Waals surface area contributed by atoms with E-state index < -0.39 is 0 Å².